The molecule has 0 fully saturated rings. The van der Waals surface area contributed by atoms with E-state index >= 15 is 0 Å². The van der Waals surface area contributed by atoms with Gasteiger partial charge in [-0.1, -0.05) is 182 Å². The number of fused-ring (bicyclic) bond motifs is 15. The summed E-state index contributed by atoms with van der Waals surface area (Å²) in [6, 6.07) is 88.0. The molecule has 0 saturated carbocycles. The average molecular weight is 818 g/mol. The molecule has 2 aliphatic rings. The number of thiophene rings is 1. The van der Waals surface area contributed by atoms with Crippen LogP contribution in [0.15, 0.2) is 237 Å². The van der Waals surface area contributed by atoms with E-state index in [0.29, 0.717) is 0 Å². The van der Waals surface area contributed by atoms with E-state index in [4.69, 9.17) is 0 Å². The maximum Gasteiger partial charge on any atom is 0.0726 e. The molecule has 2 aliphatic carbocycles. The highest BCUT2D eigenvalue weighted by molar-refractivity contribution is 7.25. The minimum Gasteiger partial charge on any atom is -0.310 e. The lowest BCUT2D eigenvalue weighted by molar-refractivity contribution is 0.776. The number of benzene rings is 10. The third-order valence-corrected chi connectivity index (χ3v) is 14.6. The van der Waals surface area contributed by atoms with Gasteiger partial charge < -0.3 is 4.90 Å². The van der Waals surface area contributed by atoms with Crippen LogP contribution in [0.1, 0.15) is 22.3 Å². The third kappa shape index (κ3) is 5.42. The number of nitrogens with zero attached hydrogens (tertiary/aromatic N) is 1. The van der Waals surface area contributed by atoms with E-state index in [-0.39, 0.29) is 0 Å². The normalized spacial score (nSPS) is 14.4. The highest BCUT2D eigenvalue weighted by Crippen LogP contribution is 2.63. The lowest BCUT2D eigenvalue weighted by atomic mass is 9.66. The molecule has 2 heteroatoms. The van der Waals surface area contributed by atoms with Gasteiger partial charge in [-0.2, -0.15) is 0 Å². The van der Waals surface area contributed by atoms with Crippen LogP contribution in [0.2, 0.25) is 0 Å². The van der Waals surface area contributed by atoms with Crippen LogP contribution in [0.4, 0.5) is 17.1 Å². The predicted molar refractivity (Wildman–Crippen MR) is 267 cm³/mol. The Morgan fingerprint density at radius 3 is 1.33 bits per heavy atom. The van der Waals surface area contributed by atoms with E-state index in [9.17, 15) is 0 Å². The van der Waals surface area contributed by atoms with Crippen LogP contribution >= 0.6 is 11.3 Å². The molecule has 13 rings (SSSR count). The molecule has 0 saturated heterocycles. The number of hydrogen-bond donors (Lipinski definition) is 0. The van der Waals surface area contributed by atoms with Gasteiger partial charge in [-0.3, -0.25) is 0 Å². The fourth-order valence-corrected chi connectivity index (χ4v) is 11.9. The van der Waals surface area contributed by atoms with E-state index in [0.717, 1.165) is 17.1 Å². The number of hydrogen-bond acceptors (Lipinski definition) is 2. The molecule has 63 heavy (non-hydrogen) atoms. The van der Waals surface area contributed by atoms with Crippen LogP contribution in [0.25, 0.3) is 75.8 Å². The second-order valence-corrected chi connectivity index (χ2v) is 17.9. The molecule has 0 bridgehead atoms. The van der Waals surface area contributed by atoms with Crippen molar-refractivity contribution < 1.29 is 0 Å². The lowest BCUT2D eigenvalue weighted by Crippen LogP contribution is -2.29. The molecule has 0 amide bonds. The van der Waals surface area contributed by atoms with Gasteiger partial charge in [0.15, 0.2) is 0 Å². The minimum absolute atomic E-state index is 0.570. The van der Waals surface area contributed by atoms with E-state index in [1.165, 1.54) is 98.1 Å². The summed E-state index contributed by atoms with van der Waals surface area (Å²) in [4.78, 5) is 2.43. The number of anilines is 3. The van der Waals surface area contributed by atoms with Crippen molar-refractivity contribution in [3.05, 3.63) is 259 Å². The molecule has 1 spiro atoms. The van der Waals surface area contributed by atoms with Gasteiger partial charge in [-0.15, -0.1) is 11.3 Å². The molecule has 1 heterocycles. The largest absolute Gasteiger partial charge is 0.310 e. The maximum absolute atomic E-state index is 2.54. The van der Waals surface area contributed by atoms with E-state index < -0.39 is 5.41 Å². The Balaban J connectivity index is 1.08. The fourth-order valence-electron chi connectivity index (χ4n) is 10.8. The molecule has 0 aliphatic heterocycles. The molecule has 1 nitrogen and oxygen atoms in total. The van der Waals surface area contributed by atoms with Gasteiger partial charge in [0, 0.05) is 37.2 Å². The molecule has 1 atom stereocenters. The second kappa shape index (κ2) is 14.1. The molecular formula is C61H39NS. The first-order valence-electron chi connectivity index (χ1n) is 21.7. The standard InChI is InChI=1S/C61H39NS/c1-3-15-40(16-4-1)42-27-31-44(32-28-42)62(45-33-29-43(30-34-45)41-17-5-2-6-18-41)46-35-36-57-52(37-46)48-20-8-7-19-47(48)49-21-9-12-24-55(49)61(57)56-25-13-10-22-50(56)53-38-54-51-23-11-14-26-59(51)63-60(54)39-58(53)61/h1-39H. The molecule has 0 N–H and O–H groups in total. The van der Waals surface area contributed by atoms with Crippen molar-refractivity contribution in [2.45, 2.75) is 5.41 Å². The van der Waals surface area contributed by atoms with Crippen molar-refractivity contribution in [3.8, 4) is 55.6 Å². The molecule has 0 radical (unpaired) electrons. The zero-order chi connectivity index (χ0) is 41.5. The summed E-state index contributed by atoms with van der Waals surface area (Å²) in [6.45, 7) is 0. The third-order valence-electron chi connectivity index (χ3n) is 13.5. The van der Waals surface area contributed by atoms with Gasteiger partial charge in [0.2, 0.25) is 0 Å². The Bertz CT molecular complexity index is 3470. The van der Waals surface area contributed by atoms with Crippen LogP contribution in [-0.4, -0.2) is 0 Å². The van der Waals surface area contributed by atoms with Crippen LogP contribution < -0.4 is 4.90 Å². The first-order valence-corrected chi connectivity index (χ1v) is 22.6. The SMILES string of the molecule is c1ccc(-c2ccc(N(c3ccc(-c4ccccc4)cc3)c3ccc4c(c3)-c3ccccc3-c3ccccc3C43c4ccccc4-c4cc5c(cc43)sc3ccccc35)cc2)cc1. The molecule has 10 aromatic carbocycles. The molecule has 1 aromatic heterocycles. The highest BCUT2D eigenvalue weighted by atomic mass is 32.1. The molecule has 1 unspecified atom stereocenters. The first-order chi connectivity index (χ1) is 31.2. The first kappa shape index (κ1) is 35.9. The van der Waals surface area contributed by atoms with Crippen molar-refractivity contribution in [2.75, 3.05) is 4.90 Å². The van der Waals surface area contributed by atoms with E-state index in [1.807, 2.05) is 11.3 Å². The van der Waals surface area contributed by atoms with Crippen molar-refractivity contribution in [3.63, 3.8) is 0 Å². The van der Waals surface area contributed by atoms with Gasteiger partial charge in [-0.05, 0) is 132 Å². The minimum atomic E-state index is -0.570. The van der Waals surface area contributed by atoms with Crippen LogP contribution in [0.5, 0.6) is 0 Å². The zero-order valence-electron chi connectivity index (χ0n) is 34.4. The van der Waals surface area contributed by atoms with Gasteiger partial charge in [0.05, 0.1) is 5.41 Å². The Morgan fingerprint density at radius 1 is 0.270 bits per heavy atom. The van der Waals surface area contributed by atoms with Crippen molar-refractivity contribution >= 4 is 48.6 Å². The predicted octanol–water partition coefficient (Wildman–Crippen LogP) is 16.9. The summed E-state index contributed by atoms with van der Waals surface area (Å²) in [5, 5.41) is 2.65. The van der Waals surface area contributed by atoms with Gasteiger partial charge in [0.1, 0.15) is 0 Å². The van der Waals surface area contributed by atoms with Crippen molar-refractivity contribution in [1.29, 1.82) is 0 Å². The Hall–Kier alpha value is -7.78. The quantitative estimate of drug-likeness (QED) is 0.167. The van der Waals surface area contributed by atoms with Crippen LogP contribution in [-0.2, 0) is 5.41 Å². The molecule has 294 valence electrons. The van der Waals surface area contributed by atoms with Crippen molar-refractivity contribution in [1.82, 2.24) is 0 Å². The highest BCUT2D eigenvalue weighted by Gasteiger charge is 2.50. The summed E-state index contributed by atoms with van der Waals surface area (Å²) in [5.74, 6) is 0. The molecular weight excluding hydrogens is 779 g/mol. The fraction of sp³-hybridized carbons (Fsp3) is 0.0164. The maximum atomic E-state index is 2.54. The summed E-state index contributed by atoms with van der Waals surface area (Å²) in [5.41, 5.74) is 20.5. The topological polar surface area (TPSA) is 3.24 Å². The smallest absolute Gasteiger partial charge is 0.0726 e. The second-order valence-electron chi connectivity index (χ2n) is 16.8. The summed E-state index contributed by atoms with van der Waals surface area (Å²) < 4.78 is 2.65. The van der Waals surface area contributed by atoms with E-state index in [1.54, 1.807) is 0 Å². The summed E-state index contributed by atoms with van der Waals surface area (Å²) in [7, 11) is 0. The average Bonchev–Trinajstić information content (AvgIpc) is 3.83. The Kier molecular flexibility index (Phi) is 8.06. The van der Waals surface area contributed by atoms with Crippen LogP contribution in [0.3, 0.4) is 0 Å². The van der Waals surface area contributed by atoms with Gasteiger partial charge >= 0.3 is 0 Å². The lowest BCUT2D eigenvalue weighted by Gasteiger charge is -2.36. The van der Waals surface area contributed by atoms with Crippen LogP contribution in [0, 0.1) is 0 Å². The van der Waals surface area contributed by atoms with E-state index in [2.05, 4.69) is 241 Å². The van der Waals surface area contributed by atoms with Gasteiger partial charge in [-0.25, -0.2) is 0 Å². The Morgan fingerprint density at radius 2 is 0.714 bits per heavy atom. The zero-order valence-corrected chi connectivity index (χ0v) is 35.2. The van der Waals surface area contributed by atoms with Crippen molar-refractivity contribution in [2.24, 2.45) is 0 Å². The monoisotopic (exact) mass is 817 g/mol. The molecule has 11 aromatic rings. The summed E-state index contributed by atoms with van der Waals surface area (Å²) in [6.07, 6.45) is 0. The number of rotatable bonds is 5. The van der Waals surface area contributed by atoms with Gasteiger partial charge in [0.25, 0.3) is 0 Å². The summed E-state index contributed by atoms with van der Waals surface area (Å²) >= 11 is 1.90. The Labute approximate surface area is 371 Å².